The number of carbonyl (C=O) groups excluding carboxylic acids is 1. The van der Waals surface area contributed by atoms with Gasteiger partial charge in [0.25, 0.3) is 0 Å². The smallest absolute Gasteiger partial charge is 0.219 e. The summed E-state index contributed by atoms with van der Waals surface area (Å²) in [7, 11) is 1.92. The molecule has 4 rings (SSSR count). The number of amides is 1. The lowest BCUT2D eigenvalue weighted by molar-refractivity contribution is -0.129. The highest BCUT2D eigenvalue weighted by Gasteiger charge is 2.33. The average molecular weight is 460 g/mol. The summed E-state index contributed by atoms with van der Waals surface area (Å²) in [5.41, 5.74) is 0.613. The van der Waals surface area contributed by atoms with Crippen LogP contribution in [0.5, 0.6) is 0 Å². The Labute approximate surface area is 179 Å². The second-order valence-electron chi connectivity index (χ2n) is 8.14. The van der Waals surface area contributed by atoms with Gasteiger partial charge in [0.1, 0.15) is 11.9 Å². The lowest BCUT2D eigenvalue weighted by Crippen LogP contribution is -2.42. The van der Waals surface area contributed by atoms with E-state index < -0.39 is 0 Å². The predicted molar refractivity (Wildman–Crippen MR) is 115 cm³/mol. The molecule has 3 heterocycles. The van der Waals surface area contributed by atoms with Crippen molar-refractivity contribution in [3.8, 4) is 6.07 Å². The molecule has 2 fully saturated rings. The number of carbonyl (C=O) groups is 1. The summed E-state index contributed by atoms with van der Waals surface area (Å²) in [4.78, 5) is 20.6. The highest BCUT2D eigenvalue weighted by Crippen LogP contribution is 2.34. The molecule has 1 saturated carbocycles. The standard InChI is InChI=1S/C21H26BrN5O2/c1-13(28)26(2)16-7-8-27(12-16)15-5-3-14(4-6-15)25-21-20(22)18-9-17(10-23)29-19(18)11-24-21/h9,11,14-16H,3-8,12H2,1-2H3,(H,24,25). The number of nitrogens with one attached hydrogen (secondary N) is 1. The van der Waals surface area contributed by atoms with E-state index in [9.17, 15) is 4.79 Å². The average Bonchev–Trinajstić information content (AvgIpc) is 3.37. The predicted octanol–water partition coefficient (Wildman–Crippen LogP) is 3.74. The zero-order valence-electron chi connectivity index (χ0n) is 16.8. The van der Waals surface area contributed by atoms with Gasteiger partial charge in [-0.25, -0.2) is 4.98 Å². The van der Waals surface area contributed by atoms with E-state index in [0.29, 0.717) is 29.5 Å². The number of likely N-dealkylation sites (tertiary alicyclic amines) is 1. The topological polar surface area (TPSA) is 85.4 Å². The third-order valence-corrected chi connectivity index (χ3v) is 7.22. The minimum Gasteiger partial charge on any atom is -0.444 e. The van der Waals surface area contributed by atoms with Crippen molar-refractivity contribution >= 4 is 38.6 Å². The van der Waals surface area contributed by atoms with Crippen molar-refractivity contribution in [1.29, 1.82) is 5.26 Å². The van der Waals surface area contributed by atoms with Crippen molar-refractivity contribution in [3.63, 3.8) is 0 Å². The number of pyridine rings is 1. The van der Waals surface area contributed by atoms with Gasteiger partial charge >= 0.3 is 0 Å². The van der Waals surface area contributed by atoms with E-state index >= 15 is 0 Å². The number of anilines is 1. The number of nitrogens with zero attached hydrogens (tertiary/aromatic N) is 4. The number of hydrogen-bond donors (Lipinski definition) is 1. The number of nitriles is 1. The molecule has 2 aliphatic rings. The van der Waals surface area contributed by atoms with Gasteiger partial charge in [-0.05, 0) is 48.0 Å². The van der Waals surface area contributed by atoms with Crippen LogP contribution in [0.3, 0.4) is 0 Å². The van der Waals surface area contributed by atoms with Crippen LogP contribution in [0.15, 0.2) is 21.2 Å². The monoisotopic (exact) mass is 459 g/mol. The molecule has 0 radical (unpaired) electrons. The fourth-order valence-electron chi connectivity index (χ4n) is 4.59. The van der Waals surface area contributed by atoms with Gasteiger partial charge in [0.15, 0.2) is 5.58 Å². The molecule has 0 spiro atoms. The van der Waals surface area contributed by atoms with Crippen molar-refractivity contribution in [2.75, 3.05) is 25.5 Å². The lowest BCUT2D eigenvalue weighted by Gasteiger charge is -2.35. The summed E-state index contributed by atoms with van der Waals surface area (Å²) in [5.74, 6) is 1.24. The van der Waals surface area contributed by atoms with Gasteiger partial charge < -0.3 is 14.6 Å². The lowest BCUT2D eigenvalue weighted by atomic mass is 9.90. The molecule has 1 saturated heterocycles. The molecule has 1 amide bonds. The molecule has 1 aliphatic heterocycles. The molecular weight excluding hydrogens is 434 g/mol. The first kappa shape index (κ1) is 20.2. The van der Waals surface area contributed by atoms with Crippen LogP contribution < -0.4 is 5.32 Å². The molecule has 0 bridgehead atoms. The van der Waals surface area contributed by atoms with E-state index in [2.05, 4.69) is 31.1 Å². The van der Waals surface area contributed by atoms with Gasteiger partial charge in [0.05, 0.1) is 10.7 Å². The van der Waals surface area contributed by atoms with Crippen molar-refractivity contribution < 1.29 is 9.21 Å². The summed E-state index contributed by atoms with van der Waals surface area (Å²) in [6.07, 6.45) is 7.23. The number of rotatable bonds is 4. The normalized spacial score (nSPS) is 25.1. The Kier molecular flexibility index (Phi) is 5.79. The maximum atomic E-state index is 11.6. The number of fused-ring (bicyclic) bond motifs is 1. The van der Waals surface area contributed by atoms with Gasteiger partial charge in [0.2, 0.25) is 11.7 Å². The second-order valence-corrected chi connectivity index (χ2v) is 8.93. The SMILES string of the molecule is CC(=O)N(C)C1CCN(C2CCC(Nc3ncc4oc(C#N)cc4c3Br)CC2)C1. The van der Waals surface area contributed by atoms with Crippen LogP contribution in [-0.4, -0.2) is 59.0 Å². The zero-order chi connectivity index (χ0) is 20.5. The van der Waals surface area contributed by atoms with Crippen molar-refractivity contribution in [2.24, 2.45) is 0 Å². The summed E-state index contributed by atoms with van der Waals surface area (Å²) in [6, 6.07) is 5.11. The molecule has 0 aromatic carbocycles. The van der Waals surface area contributed by atoms with E-state index in [1.165, 1.54) is 0 Å². The number of halogens is 1. The van der Waals surface area contributed by atoms with Crippen LogP contribution in [0.25, 0.3) is 11.0 Å². The van der Waals surface area contributed by atoms with E-state index in [4.69, 9.17) is 9.68 Å². The van der Waals surface area contributed by atoms with Gasteiger partial charge in [-0.1, -0.05) is 0 Å². The zero-order valence-corrected chi connectivity index (χ0v) is 18.4. The summed E-state index contributed by atoms with van der Waals surface area (Å²) in [6.45, 7) is 3.72. The van der Waals surface area contributed by atoms with Crippen LogP contribution in [-0.2, 0) is 4.79 Å². The quantitative estimate of drug-likeness (QED) is 0.749. The number of aromatic nitrogens is 1. The number of furan rings is 1. The van der Waals surface area contributed by atoms with Crippen LogP contribution in [0.4, 0.5) is 5.82 Å². The molecule has 2 aromatic heterocycles. The Hall–Kier alpha value is -2.11. The molecule has 154 valence electrons. The van der Waals surface area contributed by atoms with Crippen molar-refractivity contribution in [3.05, 3.63) is 22.5 Å². The molecule has 1 aliphatic carbocycles. The first-order chi connectivity index (χ1) is 14.0. The Balaban J connectivity index is 1.34. The van der Waals surface area contributed by atoms with Gasteiger partial charge in [-0.15, -0.1) is 0 Å². The van der Waals surface area contributed by atoms with E-state index in [1.54, 1.807) is 19.2 Å². The molecule has 2 aromatic rings. The third-order valence-electron chi connectivity index (χ3n) is 6.42. The fraction of sp³-hybridized carbons (Fsp3) is 0.571. The summed E-state index contributed by atoms with van der Waals surface area (Å²) >= 11 is 3.61. The maximum Gasteiger partial charge on any atom is 0.219 e. The molecule has 29 heavy (non-hydrogen) atoms. The highest BCUT2D eigenvalue weighted by atomic mass is 79.9. The van der Waals surface area contributed by atoms with Gasteiger partial charge in [0, 0.05) is 56.6 Å². The van der Waals surface area contributed by atoms with Crippen LogP contribution in [0.1, 0.15) is 44.8 Å². The molecule has 1 atom stereocenters. The Bertz CT molecular complexity index is 944. The third kappa shape index (κ3) is 4.12. The molecule has 7 nitrogen and oxygen atoms in total. The first-order valence-corrected chi connectivity index (χ1v) is 11.0. The van der Waals surface area contributed by atoms with Crippen LogP contribution in [0, 0.1) is 11.3 Å². The molecule has 8 heteroatoms. The largest absolute Gasteiger partial charge is 0.444 e. The maximum absolute atomic E-state index is 11.6. The Morgan fingerprint density at radius 3 is 2.83 bits per heavy atom. The van der Waals surface area contributed by atoms with E-state index in [1.807, 2.05) is 18.0 Å². The van der Waals surface area contributed by atoms with Crippen LogP contribution >= 0.6 is 15.9 Å². The number of hydrogen-bond acceptors (Lipinski definition) is 6. The highest BCUT2D eigenvalue weighted by molar-refractivity contribution is 9.10. The van der Waals surface area contributed by atoms with Crippen molar-refractivity contribution in [1.82, 2.24) is 14.8 Å². The number of likely N-dealkylation sites (N-methyl/N-ethyl adjacent to an activating group) is 1. The minimum absolute atomic E-state index is 0.152. The summed E-state index contributed by atoms with van der Waals surface area (Å²) < 4.78 is 6.29. The Morgan fingerprint density at radius 1 is 1.38 bits per heavy atom. The van der Waals surface area contributed by atoms with Crippen LogP contribution in [0.2, 0.25) is 0 Å². The second kappa shape index (κ2) is 8.33. The van der Waals surface area contributed by atoms with Gasteiger partial charge in [-0.2, -0.15) is 5.26 Å². The first-order valence-electron chi connectivity index (χ1n) is 10.2. The molecule has 1 N–H and O–H groups in total. The van der Waals surface area contributed by atoms with E-state index in [0.717, 1.165) is 60.9 Å². The summed E-state index contributed by atoms with van der Waals surface area (Å²) in [5, 5.41) is 13.5. The Morgan fingerprint density at radius 2 is 2.14 bits per heavy atom. The fourth-order valence-corrected chi connectivity index (χ4v) is 5.11. The van der Waals surface area contributed by atoms with Crippen molar-refractivity contribution in [2.45, 2.75) is 57.2 Å². The minimum atomic E-state index is 0.152. The van der Waals surface area contributed by atoms with E-state index in [-0.39, 0.29) is 5.91 Å². The molecular formula is C21H26BrN5O2. The molecule has 1 unspecified atom stereocenters. The van der Waals surface area contributed by atoms with Gasteiger partial charge in [-0.3, -0.25) is 9.69 Å².